The molecule has 1 saturated heterocycles. The molecule has 3 rings (SSSR count). The molecule has 1 N–H and O–H groups in total. The van der Waals surface area contributed by atoms with Crippen LogP contribution in [0.5, 0.6) is 5.75 Å². The number of rotatable bonds is 3. The van der Waals surface area contributed by atoms with Crippen LogP contribution >= 0.6 is 27.7 Å². The van der Waals surface area contributed by atoms with E-state index < -0.39 is 0 Å². The molecular weight excluding hydrogens is 334 g/mol. The lowest BCUT2D eigenvalue weighted by molar-refractivity contribution is 0.0353. The van der Waals surface area contributed by atoms with E-state index in [1.54, 1.807) is 0 Å². The molecular formula is C16H22BrNOS. The summed E-state index contributed by atoms with van der Waals surface area (Å²) in [4.78, 5) is 0. The third-order valence-electron chi connectivity index (χ3n) is 4.49. The predicted octanol–water partition coefficient (Wildman–Crippen LogP) is 4.54. The first-order chi connectivity index (χ1) is 9.64. The Hall–Kier alpha value is -0.190. The maximum absolute atomic E-state index is 6.49. The van der Waals surface area contributed by atoms with Crippen LogP contribution in [0.1, 0.15) is 44.7 Å². The van der Waals surface area contributed by atoms with E-state index in [1.807, 2.05) is 11.8 Å². The van der Waals surface area contributed by atoms with E-state index in [-0.39, 0.29) is 5.60 Å². The molecule has 3 atom stereocenters. The highest BCUT2D eigenvalue weighted by atomic mass is 79.9. The predicted molar refractivity (Wildman–Crippen MR) is 89.7 cm³/mol. The van der Waals surface area contributed by atoms with Crippen molar-refractivity contribution in [1.82, 2.24) is 5.32 Å². The SMILES string of the molecule is CCCNC1CC2(CCSC2C)Oc2cc(Br)ccc21. The maximum Gasteiger partial charge on any atom is 0.126 e. The molecule has 0 amide bonds. The van der Waals surface area contributed by atoms with Crippen LogP contribution in [0.2, 0.25) is 0 Å². The number of nitrogens with one attached hydrogen (secondary N) is 1. The van der Waals surface area contributed by atoms with Crippen LogP contribution in [0.25, 0.3) is 0 Å². The van der Waals surface area contributed by atoms with Crippen LogP contribution < -0.4 is 10.1 Å². The quantitative estimate of drug-likeness (QED) is 0.859. The Morgan fingerprint density at radius 2 is 2.35 bits per heavy atom. The van der Waals surface area contributed by atoms with Gasteiger partial charge in [0.2, 0.25) is 0 Å². The molecule has 2 nitrogen and oxygen atoms in total. The van der Waals surface area contributed by atoms with Gasteiger partial charge in [0.25, 0.3) is 0 Å². The van der Waals surface area contributed by atoms with Gasteiger partial charge in [0.1, 0.15) is 11.4 Å². The van der Waals surface area contributed by atoms with Gasteiger partial charge in [-0.25, -0.2) is 0 Å². The van der Waals surface area contributed by atoms with Crippen LogP contribution in [0.3, 0.4) is 0 Å². The normalized spacial score (nSPS) is 32.1. The maximum atomic E-state index is 6.49. The molecule has 3 unspecified atom stereocenters. The van der Waals surface area contributed by atoms with E-state index in [4.69, 9.17) is 4.74 Å². The molecule has 1 aromatic carbocycles. The zero-order valence-corrected chi connectivity index (χ0v) is 14.5. The van der Waals surface area contributed by atoms with Gasteiger partial charge in [0.05, 0.1) is 0 Å². The highest BCUT2D eigenvalue weighted by Crippen LogP contribution is 2.49. The minimum absolute atomic E-state index is 0.0177. The summed E-state index contributed by atoms with van der Waals surface area (Å²) < 4.78 is 7.59. The van der Waals surface area contributed by atoms with Gasteiger partial charge in [0, 0.05) is 27.7 Å². The van der Waals surface area contributed by atoms with Crippen LogP contribution in [0.4, 0.5) is 0 Å². The third kappa shape index (κ3) is 2.62. The number of hydrogen-bond donors (Lipinski definition) is 1. The van der Waals surface area contributed by atoms with Crippen molar-refractivity contribution in [1.29, 1.82) is 0 Å². The largest absolute Gasteiger partial charge is 0.486 e. The first kappa shape index (κ1) is 14.7. The molecule has 4 heteroatoms. The topological polar surface area (TPSA) is 21.3 Å². The number of halogens is 1. The van der Waals surface area contributed by atoms with Crippen molar-refractivity contribution in [2.24, 2.45) is 0 Å². The fourth-order valence-corrected chi connectivity index (χ4v) is 4.99. The Morgan fingerprint density at radius 1 is 1.50 bits per heavy atom. The molecule has 0 aromatic heterocycles. The molecule has 1 fully saturated rings. The van der Waals surface area contributed by atoms with E-state index >= 15 is 0 Å². The Bertz CT molecular complexity index is 495. The smallest absolute Gasteiger partial charge is 0.126 e. The van der Waals surface area contributed by atoms with Gasteiger partial charge in [-0.2, -0.15) is 11.8 Å². The fraction of sp³-hybridized carbons (Fsp3) is 0.625. The van der Waals surface area contributed by atoms with Crippen LogP contribution in [0.15, 0.2) is 22.7 Å². The van der Waals surface area contributed by atoms with Crippen molar-refractivity contribution in [3.63, 3.8) is 0 Å². The van der Waals surface area contributed by atoms with E-state index in [9.17, 15) is 0 Å². The van der Waals surface area contributed by atoms with Gasteiger partial charge in [-0.15, -0.1) is 0 Å². The lowest BCUT2D eigenvalue weighted by Gasteiger charge is -2.42. The monoisotopic (exact) mass is 355 g/mol. The van der Waals surface area contributed by atoms with Gasteiger partial charge in [-0.3, -0.25) is 0 Å². The number of fused-ring (bicyclic) bond motifs is 1. The van der Waals surface area contributed by atoms with Crippen molar-refractivity contribution in [3.05, 3.63) is 28.2 Å². The Morgan fingerprint density at radius 3 is 3.05 bits per heavy atom. The summed E-state index contributed by atoms with van der Waals surface area (Å²) in [6, 6.07) is 6.87. The lowest BCUT2D eigenvalue weighted by atomic mass is 9.83. The lowest BCUT2D eigenvalue weighted by Crippen LogP contribution is -2.48. The number of ether oxygens (including phenoxy) is 1. The molecule has 0 aliphatic carbocycles. The van der Waals surface area contributed by atoms with Crippen LogP contribution in [-0.4, -0.2) is 23.1 Å². The molecule has 2 aliphatic heterocycles. The number of hydrogen-bond acceptors (Lipinski definition) is 3. The first-order valence-corrected chi connectivity index (χ1v) is 9.32. The van der Waals surface area contributed by atoms with E-state index in [0.717, 1.165) is 29.6 Å². The molecule has 2 heterocycles. The molecule has 0 saturated carbocycles. The third-order valence-corrected chi connectivity index (χ3v) is 6.35. The van der Waals surface area contributed by atoms with E-state index in [1.165, 1.54) is 17.7 Å². The summed E-state index contributed by atoms with van der Waals surface area (Å²) in [6.07, 6.45) is 3.42. The van der Waals surface area contributed by atoms with Crippen molar-refractivity contribution in [2.75, 3.05) is 12.3 Å². The molecule has 1 spiro atoms. The minimum atomic E-state index is 0.0177. The molecule has 20 heavy (non-hydrogen) atoms. The van der Waals surface area contributed by atoms with Gasteiger partial charge >= 0.3 is 0 Å². The second-order valence-corrected chi connectivity index (χ2v) is 8.19. The summed E-state index contributed by atoms with van der Waals surface area (Å²) >= 11 is 5.61. The van der Waals surface area contributed by atoms with Gasteiger partial charge in [-0.1, -0.05) is 28.9 Å². The van der Waals surface area contributed by atoms with Crippen molar-refractivity contribution in [3.8, 4) is 5.75 Å². The number of thioether (sulfide) groups is 1. The van der Waals surface area contributed by atoms with Gasteiger partial charge in [-0.05, 0) is 44.2 Å². The summed E-state index contributed by atoms with van der Waals surface area (Å²) in [5.41, 5.74) is 1.33. The zero-order valence-electron chi connectivity index (χ0n) is 12.1. The minimum Gasteiger partial charge on any atom is -0.486 e. The molecule has 0 radical (unpaired) electrons. The second kappa shape index (κ2) is 5.90. The zero-order chi connectivity index (χ0) is 14.2. The first-order valence-electron chi connectivity index (χ1n) is 7.48. The second-order valence-electron chi connectivity index (χ2n) is 5.82. The molecule has 1 aromatic rings. The Balaban J connectivity index is 1.95. The fourth-order valence-electron chi connectivity index (χ4n) is 3.27. The summed E-state index contributed by atoms with van der Waals surface area (Å²) in [6.45, 7) is 5.61. The van der Waals surface area contributed by atoms with Crippen molar-refractivity contribution < 1.29 is 4.74 Å². The van der Waals surface area contributed by atoms with Crippen LogP contribution in [0, 0.1) is 0 Å². The molecule has 110 valence electrons. The summed E-state index contributed by atoms with van der Waals surface area (Å²) in [5, 5.41) is 4.28. The highest BCUT2D eigenvalue weighted by molar-refractivity contribution is 9.10. The Labute approximate surface area is 134 Å². The molecule has 2 aliphatic rings. The highest BCUT2D eigenvalue weighted by Gasteiger charge is 2.48. The van der Waals surface area contributed by atoms with E-state index in [0.29, 0.717) is 11.3 Å². The van der Waals surface area contributed by atoms with E-state index in [2.05, 4.69) is 53.3 Å². The average molecular weight is 356 g/mol. The molecule has 0 bridgehead atoms. The van der Waals surface area contributed by atoms with Crippen LogP contribution in [-0.2, 0) is 0 Å². The standard InChI is InChI=1S/C16H22BrNOS/c1-3-7-18-14-10-16(6-8-20-11(16)2)19-15-9-12(17)4-5-13(14)15/h4-5,9,11,14,18H,3,6-8,10H2,1-2H3. The van der Waals surface area contributed by atoms with Gasteiger partial charge in [0.15, 0.2) is 0 Å². The van der Waals surface area contributed by atoms with Crippen molar-refractivity contribution >= 4 is 27.7 Å². The van der Waals surface area contributed by atoms with Crippen molar-refractivity contribution in [2.45, 2.75) is 50.0 Å². The summed E-state index contributed by atoms with van der Waals surface area (Å²) in [5.74, 6) is 2.28. The summed E-state index contributed by atoms with van der Waals surface area (Å²) in [7, 11) is 0. The van der Waals surface area contributed by atoms with Gasteiger partial charge < -0.3 is 10.1 Å². The Kier molecular flexibility index (Phi) is 4.34. The number of benzene rings is 1. The average Bonchev–Trinajstić information content (AvgIpc) is 2.76.